The Bertz CT molecular complexity index is 3190. The SMILES string of the molecule is C1=CC(c2cccc(-c3ccccc3)c2)=C(n2c3ccccc3c3cc(-n4c5ccccc5c5ccccc54)ccc32)C(c2cccc(-c3ccccc3)c2)=CC1. The van der Waals surface area contributed by atoms with Gasteiger partial charge in [0.2, 0.25) is 0 Å². The Labute approximate surface area is 332 Å². The van der Waals surface area contributed by atoms with Crippen molar-refractivity contribution >= 4 is 60.5 Å². The molecule has 0 bridgehead atoms. The van der Waals surface area contributed by atoms with Gasteiger partial charge in [-0.25, -0.2) is 0 Å². The lowest BCUT2D eigenvalue weighted by Crippen LogP contribution is -2.04. The van der Waals surface area contributed by atoms with Gasteiger partial charge in [0, 0.05) is 38.4 Å². The summed E-state index contributed by atoms with van der Waals surface area (Å²) < 4.78 is 4.95. The van der Waals surface area contributed by atoms with Gasteiger partial charge in [-0.3, -0.25) is 0 Å². The van der Waals surface area contributed by atoms with Crippen LogP contribution in [-0.4, -0.2) is 9.13 Å². The van der Waals surface area contributed by atoms with Crippen molar-refractivity contribution in [3.63, 3.8) is 0 Å². The number of fused-ring (bicyclic) bond motifs is 6. The number of para-hydroxylation sites is 3. The van der Waals surface area contributed by atoms with Crippen LogP contribution < -0.4 is 0 Å². The van der Waals surface area contributed by atoms with Crippen LogP contribution >= 0.6 is 0 Å². The average molecular weight is 727 g/mol. The monoisotopic (exact) mass is 726 g/mol. The molecule has 2 heteroatoms. The molecule has 57 heavy (non-hydrogen) atoms. The second kappa shape index (κ2) is 13.7. The van der Waals surface area contributed by atoms with E-state index < -0.39 is 0 Å². The number of hydrogen-bond acceptors (Lipinski definition) is 0. The van der Waals surface area contributed by atoms with Gasteiger partial charge in [-0.2, -0.15) is 0 Å². The Balaban J connectivity index is 1.20. The lowest BCUT2D eigenvalue weighted by molar-refractivity contribution is 1.18. The van der Waals surface area contributed by atoms with Crippen molar-refractivity contribution in [1.82, 2.24) is 9.13 Å². The minimum Gasteiger partial charge on any atom is -0.309 e. The Kier molecular flexibility index (Phi) is 7.93. The van der Waals surface area contributed by atoms with E-state index in [0.29, 0.717) is 0 Å². The normalized spacial score (nSPS) is 13.2. The Morgan fingerprint density at radius 3 is 1.44 bits per heavy atom. The molecule has 2 heterocycles. The van der Waals surface area contributed by atoms with Gasteiger partial charge < -0.3 is 9.13 Å². The van der Waals surface area contributed by atoms with E-state index in [2.05, 4.69) is 228 Å². The first-order valence-corrected chi connectivity index (χ1v) is 19.8. The fraction of sp³-hybridized carbons (Fsp3) is 0.0182. The lowest BCUT2D eigenvalue weighted by Gasteiger charge is -2.21. The van der Waals surface area contributed by atoms with Gasteiger partial charge in [0.1, 0.15) is 0 Å². The highest BCUT2D eigenvalue weighted by molar-refractivity contribution is 6.20. The summed E-state index contributed by atoms with van der Waals surface area (Å²) in [6.07, 6.45) is 7.90. The van der Waals surface area contributed by atoms with Crippen LogP contribution in [-0.2, 0) is 0 Å². The molecule has 0 saturated heterocycles. The van der Waals surface area contributed by atoms with E-state index in [1.165, 1.54) is 93.8 Å². The van der Waals surface area contributed by atoms with Gasteiger partial charge in [-0.15, -0.1) is 0 Å². The van der Waals surface area contributed by atoms with Crippen LogP contribution in [0, 0.1) is 0 Å². The van der Waals surface area contributed by atoms with Gasteiger partial charge >= 0.3 is 0 Å². The van der Waals surface area contributed by atoms with Crippen molar-refractivity contribution in [3.8, 4) is 27.9 Å². The maximum absolute atomic E-state index is 2.53. The molecule has 8 aromatic carbocycles. The van der Waals surface area contributed by atoms with Crippen molar-refractivity contribution in [2.45, 2.75) is 6.42 Å². The summed E-state index contributed by atoms with van der Waals surface area (Å²) in [6, 6.07) is 73.0. The third-order valence-electron chi connectivity index (χ3n) is 11.5. The maximum Gasteiger partial charge on any atom is 0.0615 e. The lowest BCUT2D eigenvalue weighted by atomic mass is 9.92. The molecule has 0 fully saturated rings. The minimum absolute atomic E-state index is 0.825. The Morgan fingerprint density at radius 2 is 0.807 bits per heavy atom. The summed E-state index contributed by atoms with van der Waals surface area (Å²) in [5.74, 6) is 0. The largest absolute Gasteiger partial charge is 0.309 e. The summed E-state index contributed by atoms with van der Waals surface area (Å²) in [6.45, 7) is 0. The molecule has 1 aliphatic carbocycles. The van der Waals surface area contributed by atoms with Crippen molar-refractivity contribution in [2.24, 2.45) is 0 Å². The molecule has 2 aromatic heterocycles. The van der Waals surface area contributed by atoms with Gasteiger partial charge in [-0.05, 0) is 88.3 Å². The molecule has 2 nitrogen and oxygen atoms in total. The molecular formula is C55H38N2. The third kappa shape index (κ3) is 5.57. The van der Waals surface area contributed by atoms with Crippen molar-refractivity contribution in [2.75, 3.05) is 0 Å². The molecule has 0 atom stereocenters. The minimum atomic E-state index is 0.825. The number of allylic oxidation sites excluding steroid dienone is 6. The molecule has 268 valence electrons. The average Bonchev–Trinajstić information content (AvgIpc) is 3.69. The number of benzene rings is 8. The summed E-state index contributed by atoms with van der Waals surface area (Å²) in [7, 11) is 0. The van der Waals surface area contributed by atoms with E-state index in [1.807, 2.05) is 0 Å². The van der Waals surface area contributed by atoms with Gasteiger partial charge in [0.25, 0.3) is 0 Å². The highest BCUT2D eigenvalue weighted by atomic mass is 15.0. The number of rotatable bonds is 6. The van der Waals surface area contributed by atoms with E-state index in [4.69, 9.17) is 0 Å². The number of aromatic nitrogens is 2. The molecule has 0 N–H and O–H groups in total. The molecule has 10 aromatic rings. The van der Waals surface area contributed by atoms with Crippen molar-refractivity contribution in [1.29, 1.82) is 0 Å². The summed E-state index contributed by atoms with van der Waals surface area (Å²) >= 11 is 0. The van der Waals surface area contributed by atoms with Crippen LogP contribution in [0.2, 0.25) is 0 Å². The highest BCUT2D eigenvalue weighted by Crippen LogP contribution is 2.44. The standard InChI is InChI=1S/C55H38N2/c1-3-17-38(18-4-1)40-21-15-23-42(35-40)45-25-7-8-26-46(43-24-16-22-41(36-43)39-19-5-2-6-20-39)55(45)57-53-32-14-11-29-49(53)50-37-44(33-34-54(50)57)56-51-30-12-9-27-47(51)48-28-10-13-31-52(48)56/h1-7,9-37H,8H2. The van der Waals surface area contributed by atoms with Crippen molar-refractivity contribution in [3.05, 3.63) is 230 Å². The first kappa shape index (κ1) is 33.0. The van der Waals surface area contributed by atoms with Crippen LogP contribution in [0.1, 0.15) is 17.5 Å². The molecule has 0 radical (unpaired) electrons. The second-order valence-electron chi connectivity index (χ2n) is 14.8. The van der Waals surface area contributed by atoms with Gasteiger partial charge in [0.15, 0.2) is 0 Å². The zero-order chi connectivity index (χ0) is 37.7. The predicted molar refractivity (Wildman–Crippen MR) is 242 cm³/mol. The number of hydrogen-bond donors (Lipinski definition) is 0. The molecule has 1 aliphatic rings. The topological polar surface area (TPSA) is 9.86 Å². The van der Waals surface area contributed by atoms with Gasteiger partial charge in [0.05, 0.1) is 27.8 Å². The van der Waals surface area contributed by atoms with Crippen LogP contribution in [0.4, 0.5) is 0 Å². The zero-order valence-corrected chi connectivity index (χ0v) is 31.4. The van der Waals surface area contributed by atoms with Crippen molar-refractivity contribution < 1.29 is 0 Å². The van der Waals surface area contributed by atoms with E-state index in [9.17, 15) is 0 Å². The molecule has 11 rings (SSSR count). The smallest absolute Gasteiger partial charge is 0.0615 e. The third-order valence-corrected chi connectivity index (χ3v) is 11.5. The Hall–Kier alpha value is -7.42. The fourth-order valence-corrected chi connectivity index (χ4v) is 8.96. The van der Waals surface area contributed by atoms with E-state index >= 15 is 0 Å². The molecule has 0 unspecified atom stereocenters. The summed E-state index contributed by atoms with van der Waals surface area (Å²) in [5.41, 5.74) is 16.7. The predicted octanol–water partition coefficient (Wildman–Crippen LogP) is 14.6. The summed E-state index contributed by atoms with van der Waals surface area (Å²) in [4.78, 5) is 0. The first-order chi connectivity index (χ1) is 28.3. The summed E-state index contributed by atoms with van der Waals surface area (Å²) in [5, 5.41) is 4.98. The number of nitrogens with zero attached hydrogens (tertiary/aromatic N) is 2. The second-order valence-corrected chi connectivity index (χ2v) is 14.8. The Morgan fingerprint density at radius 1 is 0.333 bits per heavy atom. The molecule has 0 spiro atoms. The van der Waals surface area contributed by atoms with Crippen LogP contribution in [0.15, 0.2) is 218 Å². The maximum atomic E-state index is 2.53. The quantitative estimate of drug-likeness (QED) is 0.161. The van der Waals surface area contributed by atoms with Crippen LogP contribution in [0.5, 0.6) is 0 Å². The zero-order valence-electron chi connectivity index (χ0n) is 31.4. The highest BCUT2D eigenvalue weighted by Gasteiger charge is 2.24. The molecule has 0 amide bonds. The van der Waals surface area contributed by atoms with Crippen LogP contribution in [0.25, 0.3) is 88.4 Å². The van der Waals surface area contributed by atoms with Crippen LogP contribution in [0.3, 0.4) is 0 Å². The fourth-order valence-electron chi connectivity index (χ4n) is 8.96. The van der Waals surface area contributed by atoms with E-state index in [-0.39, 0.29) is 0 Å². The molecule has 0 aliphatic heterocycles. The van der Waals surface area contributed by atoms with E-state index in [0.717, 1.165) is 12.1 Å². The van der Waals surface area contributed by atoms with E-state index in [1.54, 1.807) is 0 Å². The van der Waals surface area contributed by atoms with Gasteiger partial charge in [-0.1, -0.05) is 170 Å². The molecule has 0 saturated carbocycles. The first-order valence-electron chi connectivity index (χ1n) is 19.8. The molecular weight excluding hydrogens is 689 g/mol.